The molecule has 2 aromatic carbocycles. The van der Waals surface area contributed by atoms with E-state index < -0.39 is 0 Å². The summed E-state index contributed by atoms with van der Waals surface area (Å²) in [5.41, 5.74) is 6.05. The van der Waals surface area contributed by atoms with Crippen molar-refractivity contribution in [3.63, 3.8) is 0 Å². The van der Waals surface area contributed by atoms with Gasteiger partial charge in [-0.05, 0) is 43.5 Å². The molecule has 0 spiro atoms. The molecule has 1 heterocycles. The Hall–Kier alpha value is -1.80. The molecular formula is C17H19NO. The third-order valence-electron chi connectivity index (χ3n) is 4.08. The normalized spacial score (nSPS) is 11.6. The summed E-state index contributed by atoms with van der Waals surface area (Å²) in [4.78, 5) is 0. The molecule has 0 saturated carbocycles. The summed E-state index contributed by atoms with van der Waals surface area (Å²) in [6.07, 6.45) is 0. The fourth-order valence-corrected chi connectivity index (χ4v) is 3.18. The summed E-state index contributed by atoms with van der Waals surface area (Å²) in [6, 6.07) is 10.6. The first-order valence-corrected chi connectivity index (χ1v) is 6.80. The SMILES string of the molecule is CCn1c2ccccc2c2c(C)c(CO)cc(C)c21. The molecule has 0 atom stereocenters. The zero-order valence-corrected chi connectivity index (χ0v) is 11.7. The molecule has 0 bridgehead atoms. The highest BCUT2D eigenvalue weighted by molar-refractivity contribution is 6.11. The first-order chi connectivity index (χ1) is 9.19. The van der Waals surface area contributed by atoms with Crippen molar-refractivity contribution in [1.29, 1.82) is 0 Å². The second kappa shape index (κ2) is 4.39. The van der Waals surface area contributed by atoms with Crippen LogP contribution in [-0.2, 0) is 13.2 Å². The van der Waals surface area contributed by atoms with E-state index in [-0.39, 0.29) is 6.61 Å². The van der Waals surface area contributed by atoms with Crippen molar-refractivity contribution in [2.75, 3.05) is 0 Å². The molecule has 19 heavy (non-hydrogen) atoms. The number of rotatable bonds is 2. The first-order valence-electron chi connectivity index (χ1n) is 6.80. The topological polar surface area (TPSA) is 25.2 Å². The second-order valence-corrected chi connectivity index (χ2v) is 5.12. The van der Waals surface area contributed by atoms with Gasteiger partial charge in [0.2, 0.25) is 0 Å². The molecule has 1 N–H and O–H groups in total. The van der Waals surface area contributed by atoms with Gasteiger partial charge in [0.1, 0.15) is 0 Å². The van der Waals surface area contributed by atoms with Gasteiger partial charge in [0.15, 0.2) is 0 Å². The van der Waals surface area contributed by atoms with Crippen LogP contribution in [0.4, 0.5) is 0 Å². The highest BCUT2D eigenvalue weighted by Gasteiger charge is 2.15. The van der Waals surface area contributed by atoms with Gasteiger partial charge in [-0.2, -0.15) is 0 Å². The van der Waals surface area contributed by atoms with Crippen LogP contribution in [-0.4, -0.2) is 9.67 Å². The average molecular weight is 253 g/mol. The minimum absolute atomic E-state index is 0.105. The van der Waals surface area contributed by atoms with Crippen molar-refractivity contribution in [2.24, 2.45) is 0 Å². The molecular weight excluding hydrogens is 234 g/mol. The van der Waals surface area contributed by atoms with Crippen LogP contribution in [0.15, 0.2) is 30.3 Å². The predicted molar refractivity (Wildman–Crippen MR) is 80.5 cm³/mol. The van der Waals surface area contributed by atoms with E-state index >= 15 is 0 Å². The smallest absolute Gasteiger partial charge is 0.0684 e. The lowest BCUT2D eigenvalue weighted by atomic mass is 9.99. The molecule has 0 aliphatic heterocycles. The van der Waals surface area contributed by atoms with Crippen molar-refractivity contribution in [3.05, 3.63) is 47.0 Å². The number of fused-ring (bicyclic) bond motifs is 3. The summed E-state index contributed by atoms with van der Waals surface area (Å²) < 4.78 is 2.37. The van der Waals surface area contributed by atoms with Crippen LogP contribution in [0, 0.1) is 13.8 Å². The Kier molecular flexibility index (Phi) is 2.83. The van der Waals surface area contributed by atoms with Gasteiger partial charge >= 0.3 is 0 Å². The zero-order valence-electron chi connectivity index (χ0n) is 11.7. The number of para-hydroxylation sites is 1. The van der Waals surface area contributed by atoms with Crippen molar-refractivity contribution in [2.45, 2.75) is 33.9 Å². The van der Waals surface area contributed by atoms with E-state index in [1.165, 1.54) is 32.9 Å². The summed E-state index contributed by atoms with van der Waals surface area (Å²) in [5.74, 6) is 0. The van der Waals surface area contributed by atoms with Crippen LogP contribution in [0.5, 0.6) is 0 Å². The molecule has 3 rings (SSSR count). The van der Waals surface area contributed by atoms with Crippen LogP contribution in [0.3, 0.4) is 0 Å². The highest BCUT2D eigenvalue weighted by Crippen LogP contribution is 2.35. The average Bonchev–Trinajstić information content (AvgIpc) is 2.77. The van der Waals surface area contributed by atoms with Crippen LogP contribution >= 0.6 is 0 Å². The van der Waals surface area contributed by atoms with E-state index in [0.29, 0.717) is 0 Å². The Morgan fingerprint density at radius 1 is 1.16 bits per heavy atom. The predicted octanol–water partition coefficient (Wildman–Crippen LogP) is 3.92. The number of aliphatic hydroxyl groups is 1. The Labute approximate surface area is 113 Å². The van der Waals surface area contributed by atoms with Crippen molar-refractivity contribution in [1.82, 2.24) is 4.57 Å². The Bertz CT molecular complexity index is 768. The van der Waals surface area contributed by atoms with E-state index in [0.717, 1.165) is 12.1 Å². The van der Waals surface area contributed by atoms with E-state index in [1.807, 2.05) is 0 Å². The Morgan fingerprint density at radius 2 is 1.89 bits per heavy atom. The van der Waals surface area contributed by atoms with Crippen LogP contribution in [0.25, 0.3) is 21.8 Å². The van der Waals surface area contributed by atoms with E-state index in [2.05, 4.69) is 55.7 Å². The summed E-state index contributed by atoms with van der Waals surface area (Å²) in [7, 11) is 0. The minimum atomic E-state index is 0.105. The summed E-state index contributed by atoms with van der Waals surface area (Å²) in [5, 5.41) is 12.1. The molecule has 2 heteroatoms. The van der Waals surface area contributed by atoms with Gasteiger partial charge in [-0.3, -0.25) is 0 Å². The molecule has 0 fully saturated rings. The maximum Gasteiger partial charge on any atom is 0.0684 e. The standard InChI is InChI=1S/C17H19NO/c1-4-18-15-8-6-5-7-14(15)16-12(3)13(10-19)9-11(2)17(16)18/h5-9,19H,4,10H2,1-3H3. The number of aliphatic hydroxyl groups excluding tert-OH is 1. The molecule has 3 aromatic rings. The molecule has 0 saturated heterocycles. The summed E-state index contributed by atoms with van der Waals surface area (Å²) >= 11 is 0. The monoisotopic (exact) mass is 253 g/mol. The van der Waals surface area contributed by atoms with E-state index in [9.17, 15) is 5.11 Å². The van der Waals surface area contributed by atoms with Gasteiger partial charge in [-0.15, -0.1) is 0 Å². The molecule has 98 valence electrons. The van der Waals surface area contributed by atoms with Gasteiger partial charge in [-0.1, -0.05) is 24.3 Å². The van der Waals surface area contributed by atoms with Crippen LogP contribution in [0.1, 0.15) is 23.6 Å². The van der Waals surface area contributed by atoms with Gasteiger partial charge in [0.25, 0.3) is 0 Å². The number of benzene rings is 2. The first kappa shape index (κ1) is 12.2. The lowest BCUT2D eigenvalue weighted by Gasteiger charge is -2.10. The molecule has 2 nitrogen and oxygen atoms in total. The third kappa shape index (κ3) is 1.60. The lowest BCUT2D eigenvalue weighted by Crippen LogP contribution is -1.97. The zero-order chi connectivity index (χ0) is 13.6. The van der Waals surface area contributed by atoms with Crippen LogP contribution in [0.2, 0.25) is 0 Å². The number of aryl methyl sites for hydroxylation is 3. The van der Waals surface area contributed by atoms with Gasteiger partial charge in [0.05, 0.1) is 12.1 Å². The van der Waals surface area contributed by atoms with E-state index in [4.69, 9.17) is 0 Å². The largest absolute Gasteiger partial charge is 0.392 e. The molecule has 1 aromatic heterocycles. The van der Waals surface area contributed by atoms with Crippen molar-refractivity contribution >= 4 is 21.8 Å². The number of hydrogen-bond acceptors (Lipinski definition) is 1. The van der Waals surface area contributed by atoms with Crippen molar-refractivity contribution in [3.8, 4) is 0 Å². The molecule has 0 radical (unpaired) electrons. The fraction of sp³-hybridized carbons (Fsp3) is 0.294. The number of aromatic nitrogens is 1. The molecule has 0 aliphatic rings. The van der Waals surface area contributed by atoms with Gasteiger partial charge in [0, 0.05) is 22.8 Å². The highest BCUT2D eigenvalue weighted by atomic mass is 16.3. The maximum atomic E-state index is 9.53. The van der Waals surface area contributed by atoms with E-state index in [1.54, 1.807) is 0 Å². The minimum Gasteiger partial charge on any atom is -0.392 e. The number of hydrogen-bond donors (Lipinski definition) is 1. The quantitative estimate of drug-likeness (QED) is 0.735. The fourth-order valence-electron chi connectivity index (χ4n) is 3.18. The summed E-state index contributed by atoms with van der Waals surface area (Å²) in [6.45, 7) is 7.49. The molecule has 0 aliphatic carbocycles. The number of nitrogens with zero attached hydrogens (tertiary/aromatic N) is 1. The molecule has 0 unspecified atom stereocenters. The van der Waals surface area contributed by atoms with Gasteiger partial charge in [-0.25, -0.2) is 0 Å². The Balaban J connectivity index is 2.62. The van der Waals surface area contributed by atoms with Crippen LogP contribution < -0.4 is 0 Å². The molecule has 0 amide bonds. The second-order valence-electron chi connectivity index (χ2n) is 5.12. The third-order valence-corrected chi connectivity index (χ3v) is 4.08. The van der Waals surface area contributed by atoms with Crippen molar-refractivity contribution < 1.29 is 5.11 Å². The maximum absolute atomic E-state index is 9.53. The Morgan fingerprint density at radius 3 is 2.58 bits per heavy atom. The van der Waals surface area contributed by atoms with Gasteiger partial charge < -0.3 is 9.67 Å². The lowest BCUT2D eigenvalue weighted by molar-refractivity contribution is 0.281.